The number of nitro benzene ring substituents is 1. The number of aryl methyl sites for hydroxylation is 1. The third-order valence-electron chi connectivity index (χ3n) is 4.05. The summed E-state index contributed by atoms with van der Waals surface area (Å²) in [5, 5.41) is 17.6. The van der Waals surface area contributed by atoms with Crippen LogP contribution in [-0.2, 0) is 13.0 Å². The zero-order valence-corrected chi connectivity index (χ0v) is 16.1. The van der Waals surface area contributed by atoms with Crippen molar-refractivity contribution in [3.05, 3.63) is 74.1 Å². The Morgan fingerprint density at radius 3 is 2.74 bits per heavy atom. The van der Waals surface area contributed by atoms with Crippen LogP contribution in [0.15, 0.2) is 47.8 Å². The first-order valence-electron chi connectivity index (χ1n) is 8.63. The quantitative estimate of drug-likeness (QED) is 0.462. The lowest BCUT2D eigenvalue weighted by Gasteiger charge is -2.12. The molecule has 1 heterocycles. The Morgan fingerprint density at radius 1 is 1.26 bits per heavy atom. The molecule has 0 spiro atoms. The predicted molar refractivity (Wildman–Crippen MR) is 107 cm³/mol. The molecule has 0 saturated carbocycles. The summed E-state index contributed by atoms with van der Waals surface area (Å²) in [6.07, 6.45) is 0.815. The van der Waals surface area contributed by atoms with Gasteiger partial charge in [-0.3, -0.25) is 10.1 Å². The van der Waals surface area contributed by atoms with Crippen LogP contribution >= 0.6 is 11.3 Å². The Bertz CT molecular complexity index is 925. The molecule has 0 unspecified atom stereocenters. The van der Waals surface area contributed by atoms with Gasteiger partial charge >= 0.3 is 5.69 Å². The lowest BCUT2D eigenvalue weighted by Crippen LogP contribution is -2.10. The molecule has 27 heavy (non-hydrogen) atoms. The smallest absolute Gasteiger partial charge is 0.311 e. The number of aromatic nitrogens is 1. The van der Waals surface area contributed by atoms with Gasteiger partial charge in [0.2, 0.25) is 5.75 Å². The van der Waals surface area contributed by atoms with E-state index >= 15 is 0 Å². The molecule has 0 aliphatic rings. The van der Waals surface area contributed by atoms with Gasteiger partial charge in [0.15, 0.2) is 0 Å². The van der Waals surface area contributed by atoms with Crippen LogP contribution in [0.1, 0.15) is 16.1 Å². The number of benzene rings is 2. The van der Waals surface area contributed by atoms with E-state index in [-0.39, 0.29) is 18.0 Å². The van der Waals surface area contributed by atoms with Gasteiger partial charge in [-0.15, -0.1) is 11.3 Å². The maximum Gasteiger partial charge on any atom is 0.311 e. The Kier molecular flexibility index (Phi) is 6.16. The van der Waals surface area contributed by atoms with Crippen molar-refractivity contribution in [2.24, 2.45) is 0 Å². The van der Waals surface area contributed by atoms with Gasteiger partial charge in [0.25, 0.3) is 0 Å². The molecular formula is C20H21N3O3S. The molecule has 0 saturated heterocycles. The highest BCUT2D eigenvalue weighted by atomic mass is 32.1. The molecule has 0 radical (unpaired) electrons. The lowest BCUT2D eigenvalue weighted by atomic mass is 10.1. The number of likely N-dealkylation sites (N-methyl/N-ethyl adjacent to an activating group) is 1. The summed E-state index contributed by atoms with van der Waals surface area (Å²) in [6.45, 7) is 2.93. The first-order valence-corrected chi connectivity index (χ1v) is 9.51. The number of hydrogen-bond acceptors (Lipinski definition) is 6. The molecule has 0 aliphatic heterocycles. The first-order chi connectivity index (χ1) is 13.1. The molecule has 6 nitrogen and oxygen atoms in total. The van der Waals surface area contributed by atoms with Crippen molar-refractivity contribution in [2.75, 3.05) is 13.6 Å². The summed E-state index contributed by atoms with van der Waals surface area (Å²) in [4.78, 5) is 15.9. The van der Waals surface area contributed by atoms with Crippen molar-refractivity contribution in [3.8, 4) is 17.0 Å². The van der Waals surface area contributed by atoms with Crippen LogP contribution < -0.4 is 10.1 Å². The molecule has 3 aromatic rings. The third-order valence-corrected chi connectivity index (χ3v) is 4.96. The van der Waals surface area contributed by atoms with Crippen molar-refractivity contribution in [3.63, 3.8) is 0 Å². The minimum absolute atomic E-state index is 0.0364. The monoisotopic (exact) mass is 383 g/mol. The van der Waals surface area contributed by atoms with E-state index in [4.69, 9.17) is 4.74 Å². The van der Waals surface area contributed by atoms with Gasteiger partial charge in [-0.25, -0.2) is 4.98 Å². The topological polar surface area (TPSA) is 77.3 Å². The van der Waals surface area contributed by atoms with Crippen LogP contribution in [0.3, 0.4) is 0 Å². The fourth-order valence-corrected chi connectivity index (χ4v) is 3.54. The second kappa shape index (κ2) is 8.75. The van der Waals surface area contributed by atoms with Crippen LogP contribution in [0.5, 0.6) is 5.75 Å². The SMILES string of the molecule is CNCCc1nc(-c2cc(C)cc([N+](=O)[O-])c2OCc2ccccc2)cs1. The van der Waals surface area contributed by atoms with E-state index in [1.54, 1.807) is 11.3 Å². The molecule has 0 aliphatic carbocycles. The van der Waals surface area contributed by atoms with Gasteiger partial charge in [-0.1, -0.05) is 30.3 Å². The van der Waals surface area contributed by atoms with Crippen LogP contribution in [0.4, 0.5) is 5.69 Å². The van der Waals surface area contributed by atoms with E-state index < -0.39 is 4.92 Å². The second-order valence-electron chi connectivity index (χ2n) is 6.17. The summed E-state index contributed by atoms with van der Waals surface area (Å²) >= 11 is 1.55. The maximum absolute atomic E-state index is 11.6. The van der Waals surface area contributed by atoms with Gasteiger partial charge in [0.05, 0.1) is 21.2 Å². The molecule has 7 heteroatoms. The molecule has 3 rings (SSSR count). The van der Waals surface area contributed by atoms with E-state index in [0.717, 1.165) is 29.1 Å². The number of hydrogen-bond donors (Lipinski definition) is 1. The Labute approximate surface area is 162 Å². The van der Waals surface area contributed by atoms with Gasteiger partial charge in [-0.05, 0) is 31.2 Å². The van der Waals surface area contributed by atoms with Crippen molar-refractivity contribution in [2.45, 2.75) is 20.0 Å². The van der Waals surface area contributed by atoms with E-state index in [2.05, 4.69) is 10.3 Å². The average molecular weight is 383 g/mol. The number of ether oxygens (including phenoxy) is 1. The molecule has 1 N–H and O–H groups in total. The highest BCUT2D eigenvalue weighted by molar-refractivity contribution is 7.09. The van der Waals surface area contributed by atoms with E-state index in [1.165, 1.54) is 6.07 Å². The minimum atomic E-state index is -0.398. The molecule has 1 aromatic heterocycles. The third kappa shape index (κ3) is 4.69. The first kappa shape index (κ1) is 19.0. The maximum atomic E-state index is 11.6. The van der Waals surface area contributed by atoms with Crippen LogP contribution in [-0.4, -0.2) is 23.5 Å². The number of nitrogens with zero attached hydrogens (tertiary/aromatic N) is 2. The standard InChI is InChI=1S/C20H21N3O3S/c1-14-10-16(17-13-27-19(22-17)8-9-21-2)20(18(11-14)23(24)25)26-12-15-6-4-3-5-7-15/h3-7,10-11,13,21H,8-9,12H2,1-2H3. The zero-order chi connectivity index (χ0) is 19.2. The minimum Gasteiger partial charge on any atom is -0.481 e. The molecule has 0 amide bonds. The second-order valence-corrected chi connectivity index (χ2v) is 7.11. The lowest BCUT2D eigenvalue weighted by molar-refractivity contribution is -0.385. The number of rotatable bonds is 8. The largest absolute Gasteiger partial charge is 0.481 e. The molecule has 0 atom stereocenters. The van der Waals surface area contributed by atoms with E-state index in [0.29, 0.717) is 11.3 Å². The van der Waals surface area contributed by atoms with Crippen LogP contribution in [0.25, 0.3) is 11.3 Å². The number of nitrogens with one attached hydrogen (secondary N) is 1. The van der Waals surface area contributed by atoms with Crippen molar-refractivity contribution < 1.29 is 9.66 Å². The molecule has 0 bridgehead atoms. The van der Waals surface area contributed by atoms with Gasteiger partial charge in [0.1, 0.15) is 6.61 Å². The van der Waals surface area contributed by atoms with Crippen molar-refractivity contribution in [1.29, 1.82) is 0 Å². The predicted octanol–water partition coefficient (Wildman–Crippen LogP) is 4.37. The van der Waals surface area contributed by atoms with Crippen molar-refractivity contribution in [1.82, 2.24) is 10.3 Å². The normalized spacial score (nSPS) is 10.7. The summed E-state index contributed by atoms with van der Waals surface area (Å²) < 4.78 is 5.93. The molecule has 2 aromatic carbocycles. The average Bonchev–Trinajstić information content (AvgIpc) is 3.14. The number of thiazole rings is 1. The summed E-state index contributed by atoms with van der Waals surface area (Å²) in [5.74, 6) is 0.264. The summed E-state index contributed by atoms with van der Waals surface area (Å²) in [6, 6.07) is 13.0. The highest BCUT2D eigenvalue weighted by Crippen LogP contribution is 2.40. The molecule has 140 valence electrons. The van der Waals surface area contributed by atoms with Crippen molar-refractivity contribution >= 4 is 17.0 Å². The zero-order valence-electron chi connectivity index (χ0n) is 15.3. The highest BCUT2D eigenvalue weighted by Gasteiger charge is 2.23. The molecular weight excluding hydrogens is 362 g/mol. The van der Waals surface area contributed by atoms with Gasteiger partial charge in [0, 0.05) is 24.4 Å². The number of nitro groups is 1. The Hall–Kier alpha value is -2.77. The Balaban J connectivity index is 1.98. The van der Waals surface area contributed by atoms with Gasteiger partial charge < -0.3 is 10.1 Å². The Morgan fingerprint density at radius 2 is 2.04 bits per heavy atom. The van der Waals surface area contributed by atoms with Crippen LogP contribution in [0, 0.1) is 17.0 Å². The van der Waals surface area contributed by atoms with E-state index in [1.807, 2.05) is 55.7 Å². The fraction of sp³-hybridized carbons (Fsp3) is 0.250. The van der Waals surface area contributed by atoms with Crippen LogP contribution in [0.2, 0.25) is 0 Å². The fourth-order valence-electron chi connectivity index (χ4n) is 2.74. The van der Waals surface area contributed by atoms with Gasteiger partial charge in [-0.2, -0.15) is 0 Å². The van der Waals surface area contributed by atoms with E-state index in [9.17, 15) is 10.1 Å². The summed E-state index contributed by atoms with van der Waals surface area (Å²) in [7, 11) is 1.90. The molecule has 0 fully saturated rings. The summed E-state index contributed by atoms with van der Waals surface area (Å²) in [5.41, 5.74) is 3.08.